The van der Waals surface area contributed by atoms with Gasteiger partial charge in [-0.3, -0.25) is 4.90 Å². The molecular weight excluding hydrogens is 276 g/mol. The van der Waals surface area contributed by atoms with Gasteiger partial charge in [0.05, 0.1) is 19.0 Å². The predicted octanol–water partition coefficient (Wildman–Crippen LogP) is 0.750. The molecule has 2 heterocycles. The summed E-state index contributed by atoms with van der Waals surface area (Å²) in [6.07, 6.45) is 2.13. The van der Waals surface area contributed by atoms with Crippen molar-refractivity contribution < 1.29 is 13.2 Å². The number of rotatable bonds is 3. The average molecular weight is 296 g/mol. The minimum Gasteiger partial charge on any atom is -0.371 e. The SMILES string of the molecule is CS(=O)(=O)N[C@H]1C[C@H]2CO[C@@H](c3ccccc3)CN2C1. The fourth-order valence-corrected chi connectivity index (χ4v) is 3.91. The maximum Gasteiger partial charge on any atom is 0.208 e. The summed E-state index contributed by atoms with van der Waals surface area (Å²) in [6, 6.07) is 10.5. The van der Waals surface area contributed by atoms with Crippen molar-refractivity contribution in [3.63, 3.8) is 0 Å². The summed E-state index contributed by atoms with van der Waals surface area (Å²) in [7, 11) is -3.13. The minimum absolute atomic E-state index is 0.00752. The van der Waals surface area contributed by atoms with E-state index in [0.717, 1.165) is 19.5 Å². The lowest BCUT2D eigenvalue weighted by molar-refractivity contribution is -0.0502. The highest BCUT2D eigenvalue weighted by Crippen LogP contribution is 2.30. The molecule has 1 N–H and O–H groups in total. The number of sulfonamides is 1. The van der Waals surface area contributed by atoms with Crippen LogP contribution in [0.1, 0.15) is 18.1 Å². The van der Waals surface area contributed by atoms with Crippen LogP contribution in [0, 0.1) is 0 Å². The topological polar surface area (TPSA) is 58.6 Å². The van der Waals surface area contributed by atoms with E-state index in [1.54, 1.807) is 0 Å². The first-order valence-corrected chi connectivity index (χ1v) is 8.78. The zero-order valence-electron chi connectivity index (χ0n) is 11.5. The van der Waals surface area contributed by atoms with Gasteiger partial charge in [0, 0.05) is 25.2 Å². The van der Waals surface area contributed by atoms with Gasteiger partial charge in [0.15, 0.2) is 0 Å². The number of ether oxygens (including phenoxy) is 1. The summed E-state index contributed by atoms with van der Waals surface area (Å²) in [4.78, 5) is 2.34. The largest absolute Gasteiger partial charge is 0.371 e. The molecule has 3 atom stereocenters. The summed E-state index contributed by atoms with van der Waals surface area (Å²) in [6.45, 7) is 2.27. The maximum absolute atomic E-state index is 11.3. The Bertz CT molecular complexity index is 561. The Morgan fingerprint density at radius 3 is 2.70 bits per heavy atom. The lowest BCUT2D eigenvalue weighted by Crippen LogP contribution is -2.43. The van der Waals surface area contributed by atoms with Crippen LogP contribution >= 0.6 is 0 Å². The fraction of sp³-hybridized carbons (Fsp3) is 0.571. The van der Waals surface area contributed by atoms with Crippen molar-refractivity contribution in [2.75, 3.05) is 26.0 Å². The molecule has 2 fully saturated rings. The van der Waals surface area contributed by atoms with Crippen molar-refractivity contribution in [2.45, 2.75) is 24.6 Å². The van der Waals surface area contributed by atoms with Crippen LogP contribution in [-0.2, 0) is 14.8 Å². The summed E-state index contributed by atoms with van der Waals surface area (Å²) in [5, 5.41) is 0. The molecule has 6 heteroatoms. The minimum atomic E-state index is -3.13. The second-order valence-corrected chi connectivity index (χ2v) is 7.44. The van der Waals surface area contributed by atoms with Crippen LogP contribution in [0.2, 0.25) is 0 Å². The van der Waals surface area contributed by atoms with E-state index < -0.39 is 10.0 Å². The van der Waals surface area contributed by atoms with Crippen molar-refractivity contribution in [2.24, 2.45) is 0 Å². The van der Waals surface area contributed by atoms with Crippen LogP contribution in [-0.4, -0.2) is 51.4 Å². The van der Waals surface area contributed by atoms with E-state index in [1.807, 2.05) is 18.2 Å². The smallest absolute Gasteiger partial charge is 0.208 e. The molecule has 0 amide bonds. The molecule has 0 spiro atoms. The van der Waals surface area contributed by atoms with Crippen LogP contribution in [0.4, 0.5) is 0 Å². The Morgan fingerprint density at radius 2 is 2.00 bits per heavy atom. The highest BCUT2D eigenvalue weighted by atomic mass is 32.2. The van der Waals surface area contributed by atoms with Crippen molar-refractivity contribution in [1.82, 2.24) is 9.62 Å². The summed E-state index contributed by atoms with van der Waals surface area (Å²) in [5.41, 5.74) is 1.19. The van der Waals surface area contributed by atoms with E-state index >= 15 is 0 Å². The van der Waals surface area contributed by atoms with Gasteiger partial charge in [0.1, 0.15) is 0 Å². The highest BCUT2D eigenvalue weighted by molar-refractivity contribution is 7.88. The van der Waals surface area contributed by atoms with Crippen molar-refractivity contribution >= 4 is 10.0 Å². The molecule has 2 aliphatic heterocycles. The monoisotopic (exact) mass is 296 g/mol. The lowest BCUT2D eigenvalue weighted by Gasteiger charge is -2.35. The fourth-order valence-electron chi connectivity index (χ4n) is 3.13. The molecule has 20 heavy (non-hydrogen) atoms. The van der Waals surface area contributed by atoms with Crippen LogP contribution < -0.4 is 4.72 Å². The van der Waals surface area contributed by atoms with Crippen LogP contribution in [0.15, 0.2) is 30.3 Å². The third-order valence-electron chi connectivity index (χ3n) is 3.97. The average Bonchev–Trinajstić information content (AvgIpc) is 2.78. The quantitative estimate of drug-likeness (QED) is 0.894. The molecule has 2 saturated heterocycles. The molecule has 0 bridgehead atoms. The van der Waals surface area contributed by atoms with Gasteiger partial charge in [-0.25, -0.2) is 13.1 Å². The first kappa shape index (κ1) is 14.0. The number of hydrogen-bond acceptors (Lipinski definition) is 4. The molecule has 1 aromatic carbocycles. The Balaban J connectivity index is 1.64. The van der Waals surface area contributed by atoms with E-state index in [-0.39, 0.29) is 12.1 Å². The van der Waals surface area contributed by atoms with Gasteiger partial charge in [0.25, 0.3) is 0 Å². The number of fused-ring (bicyclic) bond motifs is 1. The maximum atomic E-state index is 11.3. The molecule has 1 aromatic rings. The normalized spacial score (nSPS) is 31.1. The van der Waals surface area contributed by atoms with Gasteiger partial charge in [0.2, 0.25) is 10.0 Å². The van der Waals surface area contributed by atoms with Crippen LogP contribution in [0.5, 0.6) is 0 Å². The lowest BCUT2D eigenvalue weighted by atomic mass is 10.1. The molecule has 0 aliphatic carbocycles. The molecule has 0 radical (unpaired) electrons. The molecule has 0 saturated carbocycles. The zero-order valence-corrected chi connectivity index (χ0v) is 12.3. The molecule has 5 nitrogen and oxygen atoms in total. The first-order valence-electron chi connectivity index (χ1n) is 6.89. The molecule has 2 aliphatic rings. The molecule has 3 rings (SSSR count). The first-order chi connectivity index (χ1) is 9.51. The second kappa shape index (κ2) is 5.44. The standard InChI is InChI=1S/C14H20N2O3S/c1-20(17,18)15-12-7-13-10-19-14(9-16(13)8-12)11-5-3-2-4-6-11/h2-6,12-15H,7-10H2,1H3/t12-,13-,14+/m0/s1. The third-order valence-corrected chi connectivity index (χ3v) is 4.73. The number of hydrogen-bond donors (Lipinski definition) is 1. The molecule has 0 aromatic heterocycles. The Morgan fingerprint density at radius 1 is 1.25 bits per heavy atom. The van der Waals surface area contributed by atoms with Crippen LogP contribution in [0.3, 0.4) is 0 Å². The van der Waals surface area contributed by atoms with E-state index in [0.29, 0.717) is 12.6 Å². The van der Waals surface area contributed by atoms with E-state index in [2.05, 4.69) is 21.8 Å². The van der Waals surface area contributed by atoms with E-state index in [4.69, 9.17) is 4.74 Å². The number of morpholine rings is 1. The number of nitrogens with one attached hydrogen (secondary N) is 1. The van der Waals surface area contributed by atoms with Gasteiger partial charge in [-0.1, -0.05) is 30.3 Å². The van der Waals surface area contributed by atoms with Crippen LogP contribution in [0.25, 0.3) is 0 Å². The van der Waals surface area contributed by atoms with Crippen molar-refractivity contribution in [3.8, 4) is 0 Å². The summed E-state index contributed by atoms with van der Waals surface area (Å²) in [5.74, 6) is 0. The Labute approximate surface area is 120 Å². The van der Waals surface area contributed by atoms with E-state index in [9.17, 15) is 8.42 Å². The molecule has 0 unspecified atom stereocenters. The predicted molar refractivity (Wildman–Crippen MR) is 76.9 cm³/mol. The van der Waals surface area contributed by atoms with Gasteiger partial charge < -0.3 is 4.74 Å². The number of benzene rings is 1. The van der Waals surface area contributed by atoms with Gasteiger partial charge >= 0.3 is 0 Å². The Hall–Kier alpha value is -0.950. The summed E-state index contributed by atoms with van der Waals surface area (Å²) < 4.78 is 31.3. The summed E-state index contributed by atoms with van der Waals surface area (Å²) >= 11 is 0. The highest BCUT2D eigenvalue weighted by Gasteiger charge is 2.38. The van der Waals surface area contributed by atoms with Gasteiger partial charge in [-0.05, 0) is 12.0 Å². The Kier molecular flexibility index (Phi) is 3.81. The van der Waals surface area contributed by atoms with Crippen molar-refractivity contribution in [1.29, 1.82) is 0 Å². The molecular formula is C14H20N2O3S. The zero-order chi connectivity index (χ0) is 14.2. The second-order valence-electron chi connectivity index (χ2n) is 5.66. The van der Waals surface area contributed by atoms with Gasteiger partial charge in [-0.2, -0.15) is 0 Å². The molecule has 110 valence electrons. The third kappa shape index (κ3) is 3.20. The van der Waals surface area contributed by atoms with E-state index in [1.165, 1.54) is 11.8 Å². The number of nitrogens with zero attached hydrogens (tertiary/aromatic N) is 1. The van der Waals surface area contributed by atoms with Gasteiger partial charge in [-0.15, -0.1) is 0 Å². The van der Waals surface area contributed by atoms with Crippen molar-refractivity contribution in [3.05, 3.63) is 35.9 Å².